The van der Waals surface area contributed by atoms with E-state index in [-0.39, 0.29) is 29.7 Å². The summed E-state index contributed by atoms with van der Waals surface area (Å²) in [6.45, 7) is 1.22. The number of nitrogens with two attached hydrogens (primary N) is 1. The molecule has 11 heteroatoms. The number of fused-ring (bicyclic) bond motifs is 3. The lowest BCUT2D eigenvalue weighted by Crippen LogP contribution is -2.74. The van der Waals surface area contributed by atoms with Crippen LogP contribution in [0, 0.1) is 29.5 Å². The number of rotatable bonds is 3. The van der Waals surface area contributed by atoms with Gasteiger partial charge in [-0.25, -0.2) is 4.39 Å². The van der Waals surface area contributed by atoms with Crippen molar-refractivity contribution in [3.05, 3.63) is 23.0 Å². The van der Waals surface area contributed by atoms with E-state index in [1.807, 2.05) is 0 Å². The summed E-state index contributed by atoms with van der Waals surface area (Å²) in [5.41, 5.74) is 2.35. The first-order valence-electron chi connectivity index (χ1n) is 12.0. The van der Waals surface area contributed by atoms with Crippen LogP contribution in [0.3, 0.4) is 0 Å². The van der Waals surface area contributed by atoms with Crippen LogP contribution in [0.15, 0.2) is 6.07 Å². The van der Waals surface area contributed by atoms with Crippen molar-refractivity contribution in [3.8, 4) is 5.75 Å². The Labute approximate surface area is 206 Å². The fourth-order valence-corrected chi connectivity index (χ4v) is 6.82. The van der Waals surface area contributed by atoms with Gasteiger partial charge in [-0.1, -0.05) is 0 Å². The quantitative estimate of drug-likeness (QED) is 0.469. The highest BCUT2D eigenvalue weighted by Gasteiger charge is 2.69. The number of hydrogen-bond acceptors (Lipinski definition) is 9. The fourth-order valence-electron chi connectivity index (χ4n) is 6.82. The van der Waals surface area contributed by atoms with Crippen molar-refractivity contribution in [2.24, 2.45) is 29.4 Å². The van der Waals surface area contributed by atoms with E-state index in [0.717, 1.165) is 12.8 Å². The minimum Gasteiger partial charge on any atom is -0.507 e. The SMILES string of the molecule is CN(C)[C@@H]1C(=O)C(C(N)=O)C(=O)[C@@]2(O)C(=O)C3C(=O)c4c(O)cc(N5CCCC5)c(F)c4C[C@H]3C[C@@H]12. The van der Waals surface area contributed by atoms with Crippen molar-refractivity contribution in [1.29, 1.82) is 0 Å². The minimum atomic E-state index is -2.79. The number of Topliss-reactive ketones (excluding diaryl/α,β-unsaturated/α-hetero) is 4. The molecular weight excluding hydrogens is 473 g/mol. The lowest BCUT2D eigenvalue weighted by Gasteiger charge is -2.52. The van der Waals surface area contributed by atoms with Gasteiger partial charge in [0.25, 0.3) is 0 Å². The third-order valence-electron chi connectivity index (χ3n) is 8.42. The van der Waals surface area contributed by atoms with Crippen LogP contribution in [0.5, 0.6) is 5.75 Å². The van der Waals surface area contributed by atoms with Gasteiger partial charge in [0.15, 0.2) is 40.5 Å². The molecule has 1 aliphatic heterocycles. The maximum absolute atomic E-state index is 15.7. The highest BCUT2D eigenvalue weighted by Crippen LogP contribution is 2.51. The molecule has 4 N–H and O–H groups in total. The molecule has 0 radical (unpaired) electrons. The van der Waals surface area contributed by atoms with Gasteiger partial charge in [0.2, 0.25) is 5.91 Å². The molecule has 1 amide bonds. The Hall–Kier alpha value is -3.18. The second-order valence-electron chi connectivity index (χ2n) is 10.6. The smallest absolute Gasteiger partial charge is 0.235 e. The van der Waals surface area contributed by atoms with E-state index < -0.39 is 75.9 Å². The van der Waals surface area contributed by atoms with Gasteiger partial charge in [-0.15, -0.1) is 0 Å². The average molecular weight is 502 g/mol. The Kier molecular flexibility index (Phi) is 5.56. The normalized spacial score (nSPS) is 34.0. The topological polar surface area (TPSA) is 158 Å². The number of phenolic OH excluding ortho intramolecular Hbond substituents is 1. The van der Waals surface area contributed by atoms with Crippen LogP contribution in [0.25, 0.3) is 0 Å². The van der Waals surface area contributed by atoms with Gasteiger partial charge in [0.05, 0.1) is 23.2 Å². The Morgan fingerprint density at radius 2 is 1.81 bits per heavy atom. The molecule has 36 heavy (non-hydrogen) atoms. The Balaban J connectivity index is 1.63. The molecule has 1 aromatic rings. The second kappa shape index (κ2) is 8.17. The molecule has 6 atom stereocenters. The van der Waals surface area contributed by atoms with E-state index in [0.29, 0.717) is 13.1 Å². The monoisotopic (exact) mass is 501 g/mol. The number of anilines is 1. The van der Waals surface area contributed by atoms with E-state index >= 15 is 4.39 Å². The number of primary amides is 1. The Bertz CT molecular complexity index is 1220. The Morgan fingerprint density at radius 1 is 1.17 bits per heavy atom. The summed E-state index contributed by atoms with van der Waals surface area (Å²) in [6, 6.07) is -0.0150. The first-order chi connectivity index (χ1) is 16.9. The summed E-state index contributed by atoms with van der Waals surface area (Å²) in [7, 11) is 3.02. The number of carbonyl (C=O) groups is 5. The first-order valence-corrected chi connectivity index (χ1v) is 12.0. The summed E-state index contributed by atoms with van der Waals surface area (Å²) in [5, 5.41) is 22.2. The summed E-state index contributed by atoms with van der Waals surface area (Å²) in [5.74, 6) is -12.2. The predicted octanol–water partition coefficient (Wildman–Crippen LogP) is -0.394. The summed E-state index contributed by atoms with van der Waals surface area (Å²) >= 11 is 0. The van der Waals surface area contributed by atoms with E-state index in [9.17, 15) is 34.2 Å². The van der Waals surface area contributed by atoms with Gasteiger partial charge >= 0.3 is 0 Å². The zero-order chi connectivity index (χ0) is 26.3. The number of phenols is 1. The molecule has 192 valence electrons. The average Bonchev–Trinajstić information content (AvgIpc) is 3.32. The zero-order valence-electron chi connectivity index (χ0n) is 20.0. The van der Waals surface area contributed by atoms with Gasteiger partial charge < -0.3 is 20.8 Å². The van der Waals surface area contributed by atoms with E-state index in [4.69, 9.17) is 5.73 Å². The number of likely N-dealkylation sites (N-methyl/N-ethyl adjacent to an activating group) is 1. The van der Waals surface area contributed by atoms with Crippen LogP contribution >= 0.6 is 0 Å². The number of benzene rings is 1. The second-order valence-corrected chi connectivity index (χ2v) is 10.6. The number of aliphatic hydroxyl groups is 1. The van der Waals surface area contributed by atoms with E-state index in [1.54, 1.807) is 4.90 Å². The number of amides is 1. The van der Waals surface area contributed by atoms with Crippen LogP contribution in [-0.4, -0.2) is 83.0 Å². The van der Waals surface area contributed by atoms with Gasteiger partial charge in [-0.05, 0) is 45.7 Å². The van der Waals surface area contributed by atoms with Crippen molar-refractivity contribution in [1.82, 2.24) is 4.90 Å². The molecule has 4 aliphatic rings. The number of ketones is 4. The molecule has 1 saturated heterocycles. The maximum Gasteiger partial charge on any atom is 0.235 e. The van der Waals surface area contributed by atoms with Crippen LogP contribution < -0.4 is 10.6 Å². The predicted molar refractivity (Wildman–Crippen MR) is 123 cm³/mol. The molecule has 1 heterocycles. The lowest BCUT2D eigenvalue weighted by molar-refractivity contribution is -0.181. The van der Waals surface area contributed by atoms with E-state index in [2.05, 4.69) is 0 Å². The highest BCUT2D eigenvalue weighted by atomic mass is 19.1. The van der Waals surface area contributed by atoms with Crippen LogP contribution in [0.1, 0.15) is 35.2 Å². The third kappa shape index (κ3) is 3.11. The van der Waals surface area contributed by atoms with Gasteiger partial charge in [-0.2, -0.15) is 0 Å². The van der Waals surface area contributed by atoms with Crippen LogP contribution in [-0.2, 0) is 25.6 Å². The van der Waals surface area contributed by atoms with Crippen molar-refractivity contribution in [2.75, 3.05) is 32.1 Å². The molecule has 5 rings (SSSR count). The summed E-state index contributed by atoms with van der Waals surface area (Å²) < 4.78 is 15.7. The molecule has 2 unspecified atom stereocenters. The summed E-state index contributed by atoms with van der Waals surface area (Å²) in [6.07, 6.45) is 1.54. The lowest BCUT2D eigenvalue weighted by atomic mass is 9.52. The largest absolute Gasteiger partial charge is 0.507 e. The number of hydrogen-bond donors (Lipinski definition) is 3. The van der Waals surface area contributed by atoms with Gasteiger partial charge in [0.1, 0.15) is 5.75 Å². The molecule has 10 nitrogen and oxygen atoms in total. The van der Waals surface area contributed by atoms with Crippen LogP contribution in [0.2, 0.25) is 0 Å². The molecule has 3 aliphatic carbocycles. The molecular formula is C25H28FN3O7. The van der Waals surface area contributed by atoms with Crippen molar-refractivity contribution < 1.29 is 38.6 Å². The van der Waals surface area contributed by atoms with Gasteiger partial charge in [0, 0.05) is 30.6 Å². The highest BCUT2D eigenvalue weighted by molar-refractivity contribution is 6.32. The molecule has 0 bridgehead atoms. The minimum absolute atomic E-state index is 0.00809. The van der Waals surface area contributed by atoms with Crippen LogP contribution in [0.4, 0.5) is 10.1 Å². The number of carbonyl (C=O) groups excluding carboxylic acids is 5. The number of aromatic hydroxyl groups is 1. The third-order valence-corrected chi connectivity index (χ3v) is 8.42. The van der Waals surface area contributed by atoms with E-state index in [1.165, 1.54) is 25.1 Å². The summed E-state index contributed by atoms with van der Waals surface area (Å²) in [4.78, 5) is 68.7. The van der Waals surface area contributed by atoms with Gasteiger partial charge in [-0.3, -0.25) is 28.9 Å². The standard InChI is InChI=1S/C25H28FN3O7/c1-28(2)19-12-8-10-7-11-16(14(30)9-13(18(11)26)29-5-3-4-6-29)20(31)15(10)22(33)25(12,36)23(34)17(21(19)32)24(27)35/h9-10,12,15,17,19,30,36H,3-8H2,1-2H3,(H2,27,35)/t10-,12-,15?,17?,19-,25-/m0/s1. The fraction of sp³-hybridized carbons (Fsp3) is 0.560. The van der Waals surface area contributed by atoms with Crippen molar-refractivity contribution >= 4 is 34.7 Å². The van der Waals surface area contributed by atoms with Crippen molar-refractivity contribution in [3.63, 3.8) is 0 Å². The molecule has 3 fully saturated rings. The van der Waals surface area contributed by atoms with Crippen molar-refractivity contribution in [2.45, 2.75) is 37.3 Å². The number of nitrogens with zero attached hydrogens (tertiary/aromatic N) is 2. The molecule has 1 aromatic carbocycles. The Morgan fingerprint density at radius 3 is 2.39 bits per heavy atom. The number of halogens is 1. The molecule has 2 saturated carbocycles. The molecule has 0 aromatic heterocycles. The zero-order valence-corrected chi connectivity index (χ0v) is 20.0. The first kappa shape index (κ1) is 24.5. The maximum atomic E-state index is 15.7. The molecule has 0 spiro atoms.